The van der Waals surface area contributed by atoms with Crippen molar-refractivity contribution in [2.75, 3.05) is 68.5 Å². The van der Waals surface area contributed by atoms with Crippen molar-refractivity contribution in [3.63, 3.8) is 0 Å². The molecule has 0 unspecified atom stereocenters. The maximum absolute atomic E-state index is 13.7. The average molecular weight is 548 g/mol. The molecule has 0 saturated carbocycles. The third-order valence-corrected chi connectivity index (χ3v) is 7.87. The third kappa shape index (κ3) is 6.22. The topological polar surface area (TPSA) is 85.9 Å². The number of hydrogen-bond donors (Lipinski definition) is 2. The van der Waals surface area contributed by atoms with Gasteiger partial charge in [0.1, 0.15) is 11.4 Å². The van der Waals surface area contributed by atoms with Crippen LogP contribution in [0.5, 0.6) is 0 Å². The van der Waals surface area contributed by atoms with Gasteiger partial charge in [-0.1, -0.05) is 6.92 Å². The van der Waals surface area contributed by atoms with Crippen LogP contribution >= 0.6 is 0 Å². The number of rotatable bonds is 9. The first-order valence-corrected chi connectivity index (χ1v) is 13.6. The zero-order valence-electron chi connectivity index (χ0n) is 22.4. The molecule has 212 valence electrons. The van der Waals surface area contributed by atoms with Crippen LogP contribution in [0.3, 0.4) is 0 Å². The van der Waals surface area contributed by atoms with Crippen molar-refractivity contribution in [2.24, 2.45) is 0 Å². The molecule has 0 aliphatic carbocycles. The number of alkyl halides is 3. The molecule has 1 aromatic carbocycles. The van der Waals surface area contributed by atoms with Crippen molar-refractivity contribution in [1.82, 2.24) is 19.8 Å². The number of nitrogens with one attached hydrogen (secondary N) is 2. The van der Waals surface area contributed by atoms with Crippen LogP contribution in [0.25, 0.3) is 0 Å². The highest BCUT2D eigenvalue weighted by Crippen LogP contribution is 2.37. The Hall–Kier alpha value is -3.12. The molecule has 0 radical (unpaired) electrons. The lowest BCUT2D eigenvalue weighted by Crippen LogP contribution is -2.44. The van der Waals surface area contributed by atoms with Crippen LogP contribution in [-0.2, 0) is 22.1 Å². The Bertz CT molecular complexity index is 1180. The average Bonchev–Trinajstić information content (AvgIpc) is 3.41. The summed E-state index contributed by atoms with van der Waals surface area (Å²) in [7, 11) is 2.17. The fourth-order valence-electron chi connectivity index (χ4n) is 5.69. The number of anilines is 4. The first-order valence-electron chi connectivity index (χ1n) is 13.6. The van der Waals surface area contributed by atoms with Gasteiger partial charge in [-0.15, -0.1) is 0 Å². The van der Waals surface area contributed by atoms with Gasteiger partial charge in [-0.3, -0.25) is 9.69 Å². The van der Waals surface area contributed by atoms with Gasteiger partial charge in [0.15, 0.2) is 0 Å². The molecule has 39 heavy (non-hydrogen) atoms. The first-order chi connectivity index (χ1) is 18.7. The summed E-state index contributed by atoms with van der Waals surface area (Å²) in [6.07, 6.45) is -1.06. The zero-order chi connectivity index (χ0) is 27.6. The van der Waals surface area contributed by atoms with E-state index in [4.69, 9.17) is 4.74 Å². The molecule has 2 N–H and O–H groups in total. The molecule has 3 fully saturated rings. The monoisotopic (exact) mass is 547 g/mol. The van der Waals surface area contributed by atoms with Crippen molar-refractivity contribution in [1.29, 1.82) is 0 Å². The second-order valence-electron chi connectivity index (χ2n) is 10.4. The molecular formula is C27H36F3N7O2. The predicted molar refractivity (Wildman–Crippen MR) is 143 cm³/mol. The van der Waals surface area contributed by atoms with E-state index in [0.29, 0.717) is 51.2 Å². The summed E-state index contributed by atoms with van der Waals surface area (Å²) in [6, 6.07) is 7.27. The van der Waals surface area contributed by atoms with Crippen LogP contribution in [0.1, 0.15) is 37.3 Å². The lowest BCUT2D eigenvalue weighted by atomic mass is 10.1. The third-order valence-electron chi connectivity index (χ3n) is 7.87. The van der Waals surface area contributed by atoms with E-state index in [9.17, 15) is 18.0 Å². The summed E-state index contributed by atoms with van der Waals surface area (Å²) in [5.74, 6) is -0.189. The molecule has 0 spiro atoms. The second-order valence-corrected chi connectivity index (χ2v) is 10.4. The number of piperazine rings is 1. The summed E-state index contributed by atoms with van der Waals surface area (Å²) in [5.41, 5.74) is 2.07. The van der Waals surface area contributed by atoms with Crippen LogP contribution in [-0.4, -0.2) is 90.7 Å². The summed E-state index contributed by atoms with van der Waals surface area (Å²) >= 11 is 0. The number of likely N-dealkylation sites (N-methyl/N-ethyl adjacent to an activating group) is 1. The Morgan fingerprint density at radius 1 is 1.18 bits per heavy atom. The number of aromatic nitrogens is 2. The van der Waals surface area contributed by atoms with E-state index in [0.717, 1.165) is 37.0 Å². The van der Waals surface area contributed by atoms with Gasteiger partial charge in [0.05, 0.1) is 19.6 Å². The van der Waals surface area contributed by atoms with E-state index >= 15 is 0 Å². The molecule has 2 bridgehead atoms. The van der Waals surface area contributed by atoms with Crippen LogP contribution in [0.4, 0.5) is 36.3 Å². The fraction of sp³-hybridized carbons (Fsp3) is 0.593. The molecule has 1 aromatic heterocycles. The minimum atomic E-state index is -4.60. The van der Waals surface area contributed by atoms with E-state index in [-0.39, 0.29) is 24.2 Å². The van der Waals surface area contributed by atoms with Crippen LogP contribution in [0, 0.1) is 0 Å². The van der Waals surface area contributed by atoms with Crippen LogP contribution < -0.4 is 15.5 Å². The smallest absolute Gasteiger partial charge is 0.379 e. The van der Waals surface area contributed by atoms with E-state index < -0.39 is 11.7 Å². The summed E-state index contributed by atoms with van der Waals surface area (Å²) < 4.78 is 46.4. The molecule has 3 aliphatic rings. The number of carbonyl (C=O) groups excluding carboxylic acids is 1. The summed E-state index contributed by atoms with van der Waals surface area (Å²) in [5, 5.41) is 5.95. The lowest BCUT2D eigenvalue weighted by Gasteiger charge is -2.34. The number of likely N-dealkylation sites (tertiary alicyclic amines) is 1. The number of hydrogen-bond acceptors (Lipinski definition) is 8. The quantitative estimate of drug-likeness (QED) is 0.460. The van der Waals surface area contributed by atoms with E-state index in [1.807, 2.05) is 6.07 Å². The molecule has 1 amide bonds. The SMILES string of the molecule is CCc1cc(N2C[C@@H]3C[C@H]2CN3C)ccc1Nc1ncc(C(F)(F)F)c(NCCCN2CCOCCC2=O)n1. The number of benzene rings is 1. The Balaban J connectivity index is 1.27. The molecule has 9 nitrogen and oxygen atoms in total. The molecule has 5 rings (SSSR count). The second kappa shape index (κ2) is 11.5. The lowest BCUT2D eigenvalue weighted by molar-refractivity contribution is -0.137. The van der Waals surface area contributed by atoms with Gasteiger partial charge >= 0.3 is 6.18 Å². The molecular weight excluding hydrogens is 511 g/mol. The molecule has 4 heterocycles. The number of fused-ring (bicyclic) bond motifs is 2. The normalized spacial score (nSPS) is 21.9. The van der Waals surface area contributed by atoms with Crippen molar-refractivity contribution < 1.29 is 22.7 Å². The van der Waals surface area contributed by atoms with E-state index in [2.05, 4.69) is 56.5 Å². The number of aryl methyl sites for hydroxylation is 1. The Morgan fingerprint density at radius 2 is 2.03 bits per heavy atom. The maximum Gasteiger partial charge on any atom is 0.421 e. The number of halogens is 3. The van der Waals surface area contributed by atoms with Crippen LogP contribution in [0.15, 0.2) is 24.4 Å². The summed E-state index contributed by atoms with van der Waals surface area (Å²) in [6.45, 7) is 6.14. The number of carbonyl (C=O) groups is 1. The van der Waals surface area contributed by atoms with Crippen molar-refractivity contribution in [2.45, 2.75) is 50.9 Å². The first kappa shape index (κ1) is 27.4. The highest BCUT2D eigenvalue weighted by Gasteiger charge is 2.41. The van der Waals surface area contributed by atoms with Crippen molar-refractivity contribution >= 4 is 29.0 Å². The molecule has 3 saturated heterocycles. The van der Waals surface area contributed by atoms with E-state index in [1.54, 1.807) is 4.90 Å². The van der Waals surface area contributed by atoms with Gasteiger partial charge in [-0.2, -0.15) is 18.2 Å². The van der Waals surface area contributed by atoms with Gasteiger partial charge in [0, 0.05) is 62.4 Å². The standard InChI is InChI=1S/C27H36F3N7O2/c1-3-18-13-19(37-17-20-14-21(37)16-35(20)2)5-6-23(18)33-26-32-15-22(27(28,29)30)25(34-26)31-8-4-9-36-10-12-39-11-7-24(36)38/h5-6,13,15,20-21H,3-4,7-12,14,16-17H2,1-2H3,(H2,31,32,33,34)/t20-,21-/m0/s1. The van der Waals surface area contributed by atoms with Gasteiger partial charge < -0.3 is 25.2 Å². The van der Waals surface area contributed by atoms with Gasteiger partial charge in [-0.25, -0.2) is 4.98 Å². The summed E-state index contributed by atoms with van der Waals surface area (Å²) in [4.78, 5) is 26.8. The van der Waals surface area contributed by atoms with Crippen molar-refractivity contribution in [3.05, 3.63) is 35.5 Å². The van der Waals surface area contributed by atoms with Crippen molar-refractivity contribution in [3.8, 4) is 0 Å². The fourth-order valence-corrected chi connectivity index (χ4v) is 5.69. The Kier molecular flexibility index (Phi) is 8.13. The molecule has 2 aromatic rings. The highest BCUT2D eigenvalue weighted by atomic mass is 19.4. The number of nitrogens with zero attached hydrogens (tertiary/aromatic N) is 5. The van der Waals surface area contributed by atoms with Crippen LogP contribution in [0.2, 0.25) is 0 Å². The minimum Gasteiger partial charge on any atom is -0.379 e. The number of ether oxygens (including phenoxy) is 1. The molecule has 12 heteroatoms. The van der Waals surface area contributed by atoms with Gasteiger partial charge in [0.2, 0.25) is 11.9 Å². The minimum absolute atomic E-state index is 0.000628. The molecule has 3 aliphatic heterocycles. The predicted octanol–water partition coefficient (Wildman–Crippen LogP) is 3.75. The maximum atomic E-state index is 13.7. The Morgan fingerprint density at radius 3 is 2.74 bits per heavy atom. The largest absolute Gasteiger partial charge is 0.421 e. The zero-order valence-corrected chi connectivity index (χ0v) is 22.4. The van der Waals surface area contributed by atoms with Gasteiger partial charge in [-0.05, 0) is 50.1 Å². The molecule has 2 atom stereocenters. The Labute approximate surface area is 226 Å². The van der Waals surface area contributed by atoms with Gasteiger partial charge in [0.25, 0.3) is 0 Å². The van der Waals surface area contributed by atoms with E-state index in [1.165, 1.54) is 12.1 Å². The highest BCUT2D eigenvalue weighted by molar-refractivity contribution is 5.76. The number of amides is 1.